The number of hydrogen-bond donors (Lipinski definition) is 0. The lowest BCUT2D eigenvalue weighted by molar-refractivity contribution is 1.35. The van der Waals surface area contributed by atoms with Gasteiger partial charge in [-0.15, -0.1) is 0 Å². The fourth-order valence-electron chi connectivity index (χ4n) is 3.53. The molecule has 5 rings (SSSR count). The number of benzene rings is 3. The maximum absolute atomic E-state index is 2.44. The molecule has 0 fully saturated rings. The van der Waals surface area contributed by atoms with Crippen molar-refractivity contribution in [2.45, 2.75) is 0 Å². The molecular weight excluding hydrogens is 265 g/mol. The van der Waals surface area contributed by atoms with Gasteiger partial charge < -0.3 is 4.81 Å². The van der Waals surface area contributed by atoms with E-state index < -0.39 is 0 Å². The average Bonchev–Trinajstić information content (AvgIpc) is 2.59. The zero-order valence-electron chi connectivity index (χ0n) is 12.1. The highest BCUT2D eigenvalue weighted by molar-refractivity contribution is 6.77. The Morgan fingerprint density at radius 1 is 0.636 bits per heavy atom. The third-order valence-corrected chi connectivity index (χ3v) is 4.59. The minimum Gasteiger partial charge on any atom is -0.377 e. The second-order valence-electron chi connectivity index (χ2n) is 5.90. The number of anilines is 2. The number of rotatable bonds is 0. The predicted molar refractivity (Wildman–Crippen MR) is 96.4 cm³/mol. The Labute approximate surface area is 130 Å². The molecule has 0 bridgehead atoms. The van der Waals surface area contributed by atoms with Crippen molar-refractivity contribution in [2.75, 3.05) is 4.81 Å². The second kappa shape index (κ2) is 4.38. The minimum atomic E-state index is 0.309. The van der Waals surface area contributed by atoms with E-state index in [0.29, 0.717) is 6.85 Å². The quantitative estimate of drug-likeness (QED) is 0.517. The van der Waals surface area contributed by atoms with Crippen molar-refractivity contribution in [3.8, 4) is 0 Å². The summed E-state index contributed by atoms with van der Waals surface area (Å²) in [5, 5.41) is 2.59. The van der Waals surface area contributed by atoms with Gasteiger partial charge in [-0.05, 0) is 40.1 Å². The molecule has 2 heterocycles. The van der Waals surface area contributed by atoms with Crippen LogP contribution < -0.4 is 4.81 Å². The normalized spacial score (nSPS) is 14.7. The van der Waals surface area contributed by atoms with E-state index in [1.54, 1.807) is 0 Å². The van der Waals surface area contributed by atoms with Gasteiger partial charge in [0.1, 0.15) is 0 Å². The Hall–Kier alpha value is -2.74. The van der Waals surface area contributed by atoms with Gasteiger partial charge in [0.15, 0.2) is 0 Å². The summed E-state index contributed by atoms with van der Waals surface area (Å²) < 4.78 is 0. The third kappa shape index (κ3) is 1.61. The minimum absolute atomic E-state index is 0.309. The Morgan fingerprint density at radius 3 is 2.18 bits per heavy atom. The summed E-state index contributed by atoms with van der Waals surface area (Å²) in [7, 11) is 0. The van der Waals surface area contributed by atoms with E-state index in [9.17, 15) is 0 Å². The third-order valence-electron chi connectivity index (χ3n) is 4.59. The summed E-state index contributed by atoms with van der Waals surface area (Å²) in [5.41, 5.74) is 5.16. The van der Waals surface area contributed by atoms with Crippen molar-refractivity contribution in [2.24, 2.45) is 0 Å². The largest absolute Gasteiger partial charge is 0.377 e. The summed E-state index contributed by atoms with van der Waals surface area (Å²) in [6, 6.07) is 21.8. The molecule has 0 atom stereocenters. The number of hydrogen-bond acceptors (Lipinski definition) is 1. The highest BCUT2D eigenvalue weighted by Gasteiger charge is 2.29. The fourth-order valence-corrected chi connectivity index (χ4v) is 3.53. The highest BCUT2D eigenvalue weighted by atomic mass is 15.1. The highest BCUT2D eigenvalue weighted by Crippen LogP contribution is 2.40. The zero-order chi connectivity index (χ0) is 14.5. The van der Waals surface area contributed by atoms with Crippen LogP contribution in [0.1, 0.15) is 11.1 Å². The van der Waals surface area contributed by atoms with Gasteiger partial charge >= 0.3 is 6.85 Å². The van der Waals surface area contributed by atoms with Gasteiger partial charge in [0.05, 0.1) is 0 Å². The molecule has 0 spiro atoms. The van der Waals surface area contributed by atoms with Crippen LogP contribution in [0.3, 0.4) is 0 Å². The van der Waals surface area contributed by atoms with E-state index in [1.165, 1.54) is 33.3 Å². The Balaban J connectivity index is 1.80. The molecule has 0 saturated carbocycles. The lowest BCUT2D eigenvalue weighted by Gasteiger charge is -2.36. The molecule has 2 heteroatoms. The molecule has 1 nitrogen and oxygen atoms in total. The van der Waals surface area contributed by atoms with Gasteiger partial charge in [0.2, 0.25) is 0 Å². The van der Waals surface area contributed by atoms with E-state index in [4.69, 9.17) is 0 Å². The zero-order valence-corrected chi connectivity index (χ0v) is 12.1. The van der Waals surface area contributed by atoms with Gasteiger partial charge in [-0.1, -0.05) is 66.6 Å². The first-order valence-electron chi connectivity index (χ1n) is 7.68. The lowest BCUT2D eigenvalue weighted by Crippen LogP contribution is -2.37. The van der Waals surface area contributed by atoms with E-state index in [2.05, 4.69) is 89.6 Å². The van der Waals surface area contributed by atoms with E-state index in [1.807, 2.05) is 0 Å². The molecule has 0 N–H and O–H groups in total. The molecule has 0 amide bonds. The Morgan fingerprint density at radius 2 is 1.32 bits per heavy atom. The lowest BCUT2D eigenvalue weighted by atomic mass is 9.55. The molecule has 22 heavy (non-hydrogen) atoms. The Kier molecular flexibility index (Phi) is 2.36. The maximum Gasteiger partial charge on any atom is 0.313 e. The Bertz CT molecular complexity index is 955. The molecule has 2 aliphatic rings. The average molecular weight is 279 g/mol. The van der Waals surface area contributed by atoms with Crippen molar-refractivity contribution in [1.29, 1.82) is 0 Å². The first-order chi connectivity index (χ1) is 10.9. The first-order valence-corrected chi connectivity index (χ1v) is 7.68. The topological polar surface area (TPSA) is 3.24 Å². The van der Waals surface area contributed by atoms with Crippen molar-refractivity contribution in [3.05, 3.63) is 83.7 Å². The maximum atomic E-state index is 2.44. The smallest absolute Gasteiger partial charge is 0.313 e. The van der Waals surface area contributed by atoms with E-state index in [-0.39, 0.29) is 0 Å². The van der Waals surface area contributed by atoms with Crippen LogP contribution >= 0.6 is 0 Å². The molecule has 3 aromatic rings. The van der Waals surface area contributed by atoms with Crippen LogP contribution in [-0.2, 0) is 0 Å². The van der Waals surface area contributed by atoms with Crippen LogP contribution in [0.25, 0.3) is 22.9 Å². The van der Waals surface area contributed by atoms with Crippen LogP contribution in [0.4, 0.5) is 11.4 Å². The van der Waals surface area contributed by atoms with Crippen molar-refractivity contribution in [1.82, 2.24) is 0 Å². The van der Waals surface area contributed by atoms with Crippen LogP contribution in [0.5, 0.6) is 0 Å². The summed E-state index contributed by atoms with van der Waals surface area (Å²) in [6.07, 6.45) is 4.48. The van der Waals surface area contributed by atoms with Gasteiger partial charge in [-0.25, -0.2) is 0 Å². The van der Waals surface area contributed by atoms with E-state index in [0.717, 1.165) is 0 Å². The van der Waals surface area contributed by atoms with Crippen molar-refractivity contribution in [3.63, 3.8) is 0 Å². The number of fused-ring (bicyclic) bond motifs is 6. The van der Waals surface area contributed by atoms with Crippen LogP contribution in [0.2, 0.25) is 0 Å². The second-order valence-corrected chi connectivity index (χ2v) is 5.90. The van der Waals surface area contributed by atoms with Gasteiger partial charge in [0, 0.05) is 11.4 Å². The van der Waals surface area contributed by atoms with Crippen molar-refractivity contribution >= 4 is 41.1 Å². The van der Waals surface area contributed by atoms with Crippen LogP contribution in [-0.4, -0.2) is 6.85 Å². The van der Waals surface area contributed by atoms with Gasteiger partial charge in [-0.3, -0.25) is 0 Å². The molecule has 0 radical (unpaired) electrons. The van der Waals surface area contributed by atoms with Crippen LogP contribution in [0, 0.1) is 0 Å². The summed E-state index contributed by atoms with van der Waals surface area (Å²) in [5.74, 6) is 4.56. The van der Waals surface area contributed by atoms with Gasteiger partial charge in [0.25, 0.3) is 0 Å². The summed E-state index contributed by atoms with van der Waals surface area (Å²) in [4.78, 5) is 2.44. The predicted octanol–water partition coefficient (Wildman–Crippen LogP) is 5.10. The van der Waals surface area contributed by atoms with Crippen molar-refractivity contribution < 1.29 is 0 Å². The molecule has 0 unspecified atom stereocenters. The molecule has 0 saturated heterocycles. The number of para-hydroxylation sites is 1. The molecule has 0 aromatic heterocycles. The summed E-state index contributed by atoms with van der Waals surface area (Å²) in [6.45, 7) is 0.309. The SMILES string of the molecule is C1=Cc2ccccc2N2B1C=Cc1cc3ccccc3cc12. The molecule has 3 aromatic carbocycles. The summed E-state index contributed by atoms with van der Waals surface area (Å²) >= 11 is 0. The fraction of sp³-hybridized carbons (Fsp3) is 0. The first kappa shape index (κ1) is 11.9. The molecule has 102 valence electrons. The standard InChI is InChI=1S/C20H14BN/c1-2-7-17-14-20-18(13-16(17)6-1)10-12-21-11-9-15-5-3-4-8-19(15)22(20)21/h1-14H. The monoisotopic (exact) mass is 279 g/mol. The number of nitrogens with zero attached hydrogens (tertiary/aromatic N) is 1. The molecular formula is C20H14BN. The molecule has 0 aliphatic carbocycles. The van der Waals surface area contributed by atoms with E-state index >= 15 is 0 Å². The molecule has 2 aliphatic heterocycles. The van der Waals surface area contributed by atoms with Gasteiger partial charge in [-0.2, -0.15) is 0 Å². The van der Waals surface area contributed by atoms with Crippen LogP contribution in [0.15, 0.2) is 72.6 Å².